The third-order valence-electron chi connectivity index (χ3n) is 3.61. The molecule has 0 unspecified atom stereocenters. The van der Waals surface area contributed by atoms with Crippen molar-refractivity contribution in [2.75, 3.05) is 13.7 Å². The van der Waals surface area contributed by atoms with Gasteiger partial charge in [-0.25, -0.2) is 0 Å². The molecule has 1 nitrogen and oxygen atoms in total. The second kappa shape index (κ2) is 17.7. The number of rotatable bonds is 15. The Hall–Kier alpha value is -0.300. The minimum absolute atomic E-state index is 0.925. The lowest BCUT2D eigenvalue weighted by molar-refractivity contribution is 0.192. The highest BCUT2D eigenvalue weighted by Crippen LogP contribution is 2.09. The van der Waals surface area contributed by atoms with Gasteiger partial charge in [0.25, 0.3) is 0 Å². The van der Waals surface area contributed by atoms with Gasteiger partial charge in [-0.2, -0.15) is 0 Å². The van der Waals surface area contributed by atoms with Crippen molar-refractivity contribution in [1.29, 1.82) is 0 Å². The minimum atomic E-state index is 0.925. The lowest BCUT2D eigenvalue weighted by Gasteiger charge is -1.99. The van der Waals surface area contributed by atoms with Crippen LogP contribution in [0.1, 0.15) is 90.4 Å². The Balaban J connectivity index is 3.01. The van der Waals surface area contributed by atoms with Crippen LogP contribution >= 0.6 is 0 Å². The van der Waals surface area contributed by atoms with Crippen LogP contribution in [0.15, 0.2) is 12.2 Å². The zero-order valence-corrected chi connectivity index (χ0v) is 13.5. The van der Waals surface area contributed by atoms with Gasteiger partial charge in [0.2, 0.25) is 0 Å². The van der Waals surface area contributed by atoms with Crippen molar-refractivity contribution in [3.05, 3.63) is 12.2 Å². The molecule has 0 saturated carbocycles. The number of hydrogen-bond acceptors (Lipinski definition) is 1. The van der Waals surface area contributed by atoms with Gasteiger partial charge >= 0.3 is 0 Å². The van der Waals surface area contributed by atoms with Gasteiger partial charge in [0, 0.05) is 13.7 Å². The molecule has 0 heterocycles. The van der Waals surface area contributed by atoms with Crippen molar-refractivity contribution in [2.45, 2.75) is 90.4 Å². The number of allylic oxidation sites excluding steroid dienone is 2. The molecule has 0 aromatic heterocycles. The summed E-state index contributed by atoms with van der Waals surface area (Å²) in [5.74, 6) is 0. The first kappa shape index (κ1) is 18.7. The topological polar surface area (TPSA) is 9.23 Å². The zero-order chi connectivity index (χ0) is 14.0. The van der Waals surface area contributed by atoms with Gasteiger partial charge in [0.1, 0.15) is 0 Å². The predicted octanol–water partition coefficient (Wildman–Crippen LogP) is 6.28. The molecule has 0 rings (SSSR count). The van der Waals surface area contributed by atoms with E-state index in [1.54, 1.807) is 7.11 Å². The summed E-state index contributed by atoms with van der Waals surface area (Å²) in [5, 5.41) is 0. The fourth-order valence-corrected chi connectivity index (χ4v) is 2.32. The average Bonchev–Trinajstić information content (AvgIpc) is 2.43. The zero-order valence-electron chi connectivity index (χ0n) is 13.5. The van der Waals surface area contributed by atoms with E-state index >= 15 is 0 Å². The molecule has 0 aliphatic heterocycles. The highest BCUT2D eigenvalue weighted by atomic mass is 16.5. The predicted molar refractivity (Wildman–Crippen MR) is 86.7 cm³/mol. The van der Waals surface area contributed by atoms with Crippen LogP contribution in [0.5, 0.6) is 0 Å². The van der Waals surface area contributed by atoms with E-state index in [-0.39, 0.29) is 0 Å². The van der Waals surface area contributed by atoms with E-state index in [0.717, 1.165) is 6.61 Å². The van der Waals surface area contributed by atoms with E-state index < -0.39 is 0 Å². The van der Waals surface area contributed by atoms with Crippen molar-refractivity contribution in [3.8, 4) is 0 Å². The maximum Gasteiger partial charge on any atom is 0.0462 e. The van der Waals surface area contributed by atoms with Crippen LogP contribution in [0, 0.1) is 0 Å². The van der Waals surface area contributed by atoms with Crippen LogP contribution < -0.4 is 0 Å². The summed E-state index contributed by atoms with van der Waals surface area (Å²) in [7, 11) is 1.78. The molecular weight excluding hydrogens is 232 g/mol. The average molecular weight is 268 g/mol. The van der Waals surface area contributed by atoms with E-state index in [1.807, 2.05) is 0 Å². The van der Waals surface area contributed by atoms with Gasteiger partial charge in [-0.15, -0.1) is 0 Å². The highest BCUT2D eigenvalue weighted by Gasteiger charge is 1.90. The summed E-state index contributed by atoms with van der Waals surface area (Å²) >= 11 is 0. The first-order valence-electron chi connectivity index (χ1n) is 8.55. The second-order valence-electron chi connectivity index (χ2n) is 5.58. The van der Waals surface area contributed by atoms with Crippen molar-refractivity contribution in [2.24, 2.45) is 0 Å². The van der Waals surface area contributed by atoms with Gasteiger partial charge < -0.3 is 4.74 Å². The molecule has 0 atom stereocenters. The van der Waals surface area contributed by atoms with E-state index in [9.17, 15) is 0 Å². The molecule has 1 heteroatoms. The molecule has 0 saturated heterocycles. The number of hydrogen-bond donors (Lipinski definition) is 0. The largest absolute Gasteiger partial charge is 0.385 e. The Morgan fingerprint density at radius 1 is 0.632 bits per heavy atom. The first-order valence-corrected chi connectivity index (χ1v) is 8.55. The highest BCUT2D eigenvalue weighted by molar-refractivity contribution is 4.81. The Kier molecular flexibility index (Phi) is 17.4. The smallest absolute Gasteiger partial charge is 0.0462 e. The van der Waals surface area contributed by atoms with Crippen LogP contribution in [0.4, 0.5) is 0 Å². The molecular formula is C18H36O. The molecule has 0 spiro atoms. The molecule has 0 aromatic carbocycles. The maximum atomic E-state index is 5.04. The van der Waals surface area contributed by atoms with Gasteiger partial charge in [-0.3, -0.25) is 0 Å². The normalized spacial score (nSPS) is 11.5. The standard InChI is InChI=1S/C18H36O/c1-3-4-5-6-7-8-9-10-11-12-13-14-15-16-17-18-19-2/h11-12H,3-10,13-18H2,1-2H3. The fraction of sp³-hybridized carbons (Fsp3) is 0.889. The van der Waals surface area contributed by atoms with Crippen LogP contribution in [0.2, 0.25) is 0 Å². The van der Waals surface area contributed by atoms with Crippen molar-refractivity contribution < 1.29 is 4.74 Å². The molecule has 19 heavy (non-hydrogen) atoms. The minimum Gasteiger partial charge on any atom is -0.385 e. The molecule has 0 amide bonds. The second-order valence-corrected chi connectivity index (χ2v) is 5.58. The summed E-state index contributed by atoms with van der Waals surface area (Å²) in [6, 6.07) is 0. The summed E-state index contributed by atoms with van der Waals surface area (Å²) in [6.07, 6.45) is 22.5. The Labute approximate surface area is 121 Å². The van der Waals surface area contributed by atoms with Gasteiger partial charge in [0.15, 0.2) is 0 Å². The number of ether oxygens (including phenoxy) is 1. The van der Waals surface area contributed by atoms with Crippen molar-refractivity contribution in [3.63, 3.8) is 0 Å². The van der Waals surface area contributed by atoms with E-state index in [1.165, 1.54) is 83.5 Å². The molecule has 0 bridgehead atoms. The summed E-state index contributed by atoms with van der Waals surface area (Å²) in [6.45, 7) is 3.20. The SMILES string of the molecule is CCCCCCCCCC=CCCCCCCOC. The van der Waals surface area contributed by atoms with E-state index in [4.69, 9.17) is 4.74 Å². The summed E-state index contributed by atoms with van der Waals surface area (Å²) in [5.41, 5.74) is 0. The summed E-state index contributed by atoms with van der Waals surface area (Å²) in [4.78, 5) is 0. The lowest BCUT2D eigenvalue weighted by Crippen LogP contribution is -1.87. The number of unbranched alkanes of at least 4 members (excludes halogenated alkanes) is 11. The number of methoxy groups -OCH3 is 1. The van der Waals surface area contributed by atoms with Crippen molar-refractivity contribution in [1.82, 2.24) is 0 Å². The van der Waals surface area contributed by atoms with Crippen LogP contribution in [0.3, 0.4) is 0 Å². The molecule has 114 valence electrons. The van der Waals surface area contributed by atoms with Crippen LogP contribution in [0.25, 0.3) is 0 Å². The van der Waals surface area contributed by atoms with Gasteiger partial charge in [-0.05, 0) is 32.1 Å². The molecule has 0 N–H and O–H groups in total. The fourth-order valence-electron chi connectivity index (χ4n) is 2.32. The third kappa shape index (κ3) is 17.7. The molecule has 0 aliphatic rings. The lowest BCUT2D eigenvalue weighted by atomic mass is 10.1. The molecule has 0 fully saturated rings. The quantitative estimate of drug-likeness (QED) is 0.251. The van der Waals surface area contributed by atoms with E-state index in [0.29, 0.717) is 0 Å². The third-order valence-corrected chi connectivity index (χ3v) is 3.61. The van der Waals surface area contributed by atoms with Gasteiger partial charge in [0.05, 0.1) is 0 Å². The van der Waals surface area contributed by atoms with Crippen LogP contribution in [-0.4, -0.2) is 13.7 Å². The maximum absolute atomic E-state index is 5.04. The van der Waals surface area contributed by atoms with Gasteiger partial charge in [-0.1, -0.05) is 70.4 Å². The first-order chi connectivity index (χ1) is 9.41. The Morgan fingerprint density at radius 2 is 1.11 bits per heavy atom. The summed E-state index contributed by atoms with van der Waals surface area (Å²) < 4.78 is 5.04. The Morgan fingerprint density at radius 3 is 1.63 bits per heavy atom. The van der Waals surface area contributed by atoms with Crippen LogP contribution in [-0.2, 0) is 4.74 Å². The van der Waals surface area contributed by atoms with Crippen molar-refractivity contribution >= 4 is 0 Å². The Bertz CT molecular complexity index is 175. The monoisotopic (exact) mass is 268 g/mol. The molecule has 0 aromatic rings. The molecule has 0 aliphatic carbocycles. The van der Waals surface area contributed by atoms with E-state index in [2.05, 4.69) is 19.1 Å². The molecule has 0 radical (unpaired) electrons.